The van der Waals surface area contributed by atoms with E-state index in [0.29, 0.717) is 0 Å². The summed E-state index contributed by atoms with van der Waals surface area (Å²) in [7, 11) is 0. The first-order valence-corrected chi connectivity index (χ1v) is 23.9. The third-order valence-corrected chi connectivity index (χ3v) is 14.1. The molecule has 1 aliphatic carbocycles. The fourth-order valence-electron chi connectivity index (χ4n) is 10.7. The third kappa shape index (κ3) is 7.48. The number of anilines is 6. The number of nitrogens with zero attached hydrogens (tertiary/aromatic N) is 2. The molecule has 0 bridgehead atoms. The van der Waals surface area contributed by atoms with Gasteiger partial charge in [0.2, 0.25) is 0 Å². The molecule has 0 aliphatic heterocycles. The van der Waals surface area contributed by atoms with Crippen molar-refractivity contribution in [3.05, 3.63) is 278 Å². The van der Waals surface area contributed by atoms with Crippen molar-refractivity contribution < 1.29 is 0 Å². The van der Waals surface area contributed by atoms with Crippen molar-refractivity contribution >= 4 is 44.9 Å². The van der Waals surface area contributed by atoms with Gasteiger partial charge < -0.3 is 9.80 Å². The quantitative estimate of drug-likeness (QED) is 0.135. The summed E-state index contributed by atoms with van der Waals surface area (Å²) in [6.07, 6.45) is 0. The first-order chi connectivity index (χ1) is 34.0. The van der Waals surface area contributed by atoms with Gasteiger partial charge in [0.15, 0.2) is 0 Å². The van der Waals surface area contributed by atoms with Crippen LogP contribution in [0, 0.1) is 0 Å². The summed E-state index contributed by atoms with van der Waals surface area (Å²) in [6, 6.07) is 97.2. The molecule has 0 radical (unpaired) electrons. The van der Waals surface area contributed by atoms with E-state index in [-0.39, 0.29) is 5.41 Å². The van der Waals surface area contributed by atoms with E-state index in [4.69, 9.17) is 0 Å². The van der Waals surface area contributed by atoms with Crippen LogP contribution in [0.1, 0.15) is 25.0 Å². The molecule has 0 saturated carbocycles. The third-order valence-electron chi connectivity index (χ3n) is 14.1. The van der Waals surface area contributed by atoms with E-state index in [1.54, 1.807) is 0 Å². The molecule has 2 heteroatoms. The Kier molecular flexibility index (Phi) is 10.6. The summed E-state index contributed by atoms with van der Waals surface area (Å²) in [6.45, 7) is 4.75. The minimum absolute atomic E-state index is 0.153. The smallest absolute Gasteiger partial charge is 0.0543 e. The molecule has 11 aromatic rings. The maximum atomic E-state index is 2.45. The van der Waals surface area contributed by atoms with Gasteiger partial charge in [0.1, 0.15) is 0 Å². The van der Waals surface area contributed by atoms with Crippen LogP contribution in [0.25, 0.3) is 66.4 Å². The molecular formula is C67H50N2. The minimum Gasteiger partial charge on any atom is -0.311 e. The highest BCUT2D eigenvalue weighted by molar-refractivity contribution is 6.07. The lowest BCUT2D eigenvalue weighted by Crippen LogP contribution is -2.16. The summed E-state index contributed by atoms with van der Waals surface area (Å²) in [5.41, 5.74) is 21.3. The molecule has 11 aromatic carbocycles. The van der Waals surface area contributed by atoms with Gasteiger partial charge in [-0.1, -0.05) is 202 Å². The average Bonchev–Trinajstić information content (AvgIpc) is 3.66. The second-order valence-corrected chi connectivity index (χ2v) is 18.5. The van der Waals surface area contributed by atoms with Crippen LogP contribution in [-0.4, -0.2) is 0 Å². The van der Waals surface area contributed by atoms with Crippen molar-refractivity contribution in [3.63, 3.8) is 0 Å². The zero-order chi connectivity index (χ0) is 46.3. The Balaban J connectivity index is 1.00. The molecule has 0 saturated heterocycles. The summed E-state index contributed by atoms with van der Waals surface area (Å²) >= 11 is 0. The first kappa shape index (κ1) is 41.7. The highest BCUT2D eigenvalue weighted by Crippen LogP contribution is 2.56. The van der Waals surface area contributed by atoms with E-state index >= 15 is 0 Å². The molecule has 0 amide bonds. The monoisotopic (exact) mass is 882 g/mol. The van der Waals surface area contributed by atoms with Crippen molar-refractivity contribution in [3.8, 4) is 55.6 Å². The van der Waals surface area contributed by atoms with Gasteiger partial charge in [0, 0.05) is 39.4 Å². The number of fused-ring (bicyclic) bond motifs is 5. The number of para-hydroxylation sites is 3. The minimum atomic E-state index is -0.153. The predicted octanol–water partition coefficient (Wildman–Crippen LogP) is 18.8. The van der Waals surface area contributed by atoms with Gasteiger partial charge in [0.25, 0.3) is 0 Å². The fourth-order valence-corrected chi connectivity index (χ4v) is 10.7. The second-order valence-electron chi connectivity index (χ2n) is 18.5. The van der Waals surface area contributed by atoms with Crippen LogP contribution in [0.2, 0.25) is 0 Å². The Morgan fingerprint density at radius 3 is 1.14 bits per heavy atom. The maximum Gasteiger partial charge on any atom is 0.0543 e. The molecule has 0 aromatic heterocycles. The van der Waals surface area contributed by atoms with Crippen molar-refractivity contribution in [2.45, 2.75) is 19.3 Å². The zero-order valence-electron chi connectivity index (χ0n) is 38.8. The summed E-state index contributed by atoms with van der Waals surface area (Å²) in [4.78, 5) is 4.77. The van der Waals surface area contributed by atoms with Crippen molar-refractivity contribution in [1.82, 2.24) is 0 Å². The van der Waals surface area contributed by atoms with Crippen LogP contribution in [-0.2, 0) is 5.41 Å². The molecule has 0 fully saturated rings. The Hall–Kier alpha value is -8.72. The van der Waals surface area contributed by atoms with Gasteiger partial charge in [0.05, 0.1) is 5.69 Å². The molecule has 0 unspecified atom stereocenters. The van der Waals surface area contributed by atoms with Crippen LogP contribution >= 0.6 is 0 Å². The summed E-state index contributed by atoms with van der Waals surface area (Å²) in [5.74, 6) is 0. The molecule has 0 N–H and O–H groups in total. The molecule has 69 heavy (non-hydrogen) atoms. The van der Waals surface area contributed by atoms with Gasteiger partial charge in [-0.3, -0.25) is 0 Å². The molecule has 0 atom stereocenters. The van der Waals surface area contributed by atoms with E-state index in [1.165, 1.54) is 72.1 Å². The van der Waals surface area contributed by atoms with Crippen LogP contribution < -0.4 is 9.80 Å². The molecule has 0 heterocycles. The van der Waals surface area contributed by atoms with E-state index in [2.05, 4.69) is 291 Å². The second kappa shape index (κ2) is 17.5. The number of hydrogen-bond acceptors (Lipinski definition) is 2. The van der Waals surface area contributed by atoms with Crippen LogP contribution in [0.5, 0.6) is 0 Å². The molecule has 12 rings (SSSR count). The van der Waals surface area contributed by atoms with Crippen LogP contribution in [0.3, 0.4) is 0 Å². The fraction of sp³-hybridized carbons (Fsp3) is 0.0448. The number of benzene rings is 11. The molecular weight excluding hydrogens is 833 g/mol. The normalized spacial score (nSPS) is 12.3. The number of rotatable bonds is 10. The topological polar surface area (TPSA) is 6.48 Å². The van der Waals surface area contributed by atoms with Crippen molar-refractivity contribution in [1.29, 1.82) is 0 Å². The van der Waals surface area contributed by atoms with Crippen LogP contribution in [0.4, 0.5) is 34.1 Å². The van der Waals surface area contributed by atoms with E-state index in [0.717, 1.165) is 39.6 Å². The highest BCUT2D eigenvalue weighted by Gasteiger charge is 2.39. The Morgan fingerprint density at radius 1 is 0.275 bits per heavy atom. The largest absolute Gasteiger partial charge is 0.311 e. The van der Waals surface area contributed by atoms with Gasteiger partial charge in [-0.2, -0.15) is 0 Å². The van der Waals surface area contributed by atoms with Crippen molar-refractivity contribution in [2.75, 3.05) is 9.80 Å². The van der Waals surface area contributed by atoms with Crippen LogP contribution in [0.15, 0.2) is 267 Å². The molecule has 0 spiro atoms. The molecule has 2 nitrogen and oxygen atoms in total. The highest BCUT2D eigenvalue weighted by atomic mass is 15.1. The Morgan fingerprint density at radius 2 is 0.652 bits per heavy atom. The number of hydrogen-bond donors (Lipinski definition) is 0. The maximum absolute atomic E-state index is 2.45. The Bertz CT molecular complexity index is 3550. The predicted molar refractivity (Wildman–Crippen MR) is 293 cm³/mol. The molecule has 328 valence electrons. The van der Waals surface area contributed by atoms with Gasteiger partial charge in [-0.25, -0.2) is 0 Å². The lowest BCUT2D eigenvalue weighted by atomic mass is 9.82. The standard InChI is InChI=1S/C67H50N2/c1-67(2)62-33-20-34-64(66(62)65-57-32-19-18-25-49(57)39-44-63(65)67)69(54-30-16-7-17-31-54)56-42-37-51(38-43-56)61-46-58(47-21-8-3-9-22-47)60(45-59(61)48-23-10-4-11-24-48)50-35-40-55(41-36-50)68(52-26-12-5-13-27-52)53-28-14-6-15-29-53/h3-46H,1-2H3. The lowest BCUT2D eigenvalue weighted by Gasteiger charge is -2.29. The van der Waals surface area contributed by atoms with Gasteiger partial charge >= 0.3 is 0 Å². The average molecular weight is 883 g/mol. The molecule has 1 aliphatic rings. The SMILES string of the molecule is CC1(C)c2cccc(N(c3ccccc3)c3ccc(-c4cc(-c5ccccc5)c(-c5ccc(N(c6ccccc6)c6ccccc6)cc5)cc4-c4ccccc4)cc3)c2-c2c1ccc1ccccc21. The Labute approximate surface area is 405 Å². The first-order valence-electron chi connectivity index (χ1n) is 23.9. The van der Waals surface area contributed by atoms with E-state index < -0.39 is 0 Å². The lowest BCUT2D eigenvalue weighted by molar-refractivity contribution is 0.661. The van der Waals surface area contributed by atoms with E-state index in [1.807, 2.05) is 0 Å². The summed E-state index contributed by atoms with van der Waals surface area (Å²) < 4.78 is 0. The van der Waals surface area contributed by atoms with Gasteiger partial charge in [-0.05, 0) is 151 Å². The summed E-state index contributed by atoms with van der Waals surface area (Å²) in [5, 5.41) is 2.55. The van der Waals surface area contributed by atoms with Crippen molar-refractivity contribution in [2.24, 2.45) is 0 Å². The van der Waals surface area contributed by atoms with E-state index in [9.17, 15) is 0 Å². The zero-order valence-corrected chi connectivity index (χ0v) is 38.8. The van der Waals surface area contributed by atoms with Gasteiger partial charge in [-0.15, -0.1) is 0 Å².